The number of hydrogen-bond donors (Lipinski definition) is 10. The average Bonchev–Trinajstić information content (AvgIpc) is 1.66. The van der Waals surface area contributed by atoms with Gasteiger partial charge in [-0.3, -0.25) is 19.3 Å². The summed E-state index contributed by atoms with van der Waals surface area (Å²) in [4.78, 5) is 76.4. The number of nitrogens with one attached hydrogen (secondary N) is 8. The van der Waals surface area contributed by atoms with Gasteiger partial charge in [-0.1, -0.05) is 34.2 Å². The highest BCUT2D eigenvalue weighted by atomic mass is 79.9. The van der Waals surface area contributed by atoms with Crippen molar-refractivity contribution >= 4 is 177 Å². The fourth-order valence-corrected chi connectivity index (χ4v) is 12.7. The summed E-state index contributed by atoms with van der Waals surface area (Å²) in [6.45, 7) is 25.9. The average molecular weight is 1880 g/mol. The van der Waals surface area contributed by atoms with Crippen LogP contribution < -0.4 is 54.0 Å². The van der Waals surface area contributed by atoms with E-state index in [-0.39, 0.29) is 71.0 Å². The van der Waals surface area contributed by atoms with Gasteiger partial charge in [0.1, 0.15) is 58.4 Å². The normalized spacial score (nSPS) is 19.1. The van der Waals surface area contributed by atoms with Crippen molar-refractivity contribution in [1.82, 2.24) is 61.0 Å². The number of hydrogen-bond acceptors (Lipinski definition) is 22. The van der Waals surface area contributed by atoms with Crippen LogP contribution in [0.4, 0.5) is 39.7 Å². The van der Waals surface area contributed by atoms with Crippen molar-refractivity contribution in [3.63, 3.8) is 0 Å². The molecule has 0 fully saturated rings. The Hall–Kier alpha value is -6.46. The van der Waals surface area contributed by atoms with Gasteiger partial charge in [0.25, 0.3) is 0 Å². The van der Waals surface area contributed by atoms with Crippen LogP contribution in [0, 0.1) is 5.92 Å². The minimum absolute atomic E-state index is 0. The van der Waals surface area contributed by atoms with Gasteiger partial charge in [0.2, 0.25) is 11.8 Å². The highest BCUT2D eigenvalue weighted by Crippen LogP contribution is 2.35. The first-order valence-corrected chi connectivity index (χ1v) is 38.6. The van der Waals surface area contributed by atoms with Gasteiger partial charge >= 0.3 is 12.1 Å². The Bertz CT molecular complexity index is 4030. The fraction of sp³-hybridized carbons (Fsp3) is 0.417. The summed E-state index contributed by atoms with van der Waals surface area (Å²) in [5.41, 5.74) is 19.0. The number of halogens is 7. The van der Waals surface area contributed by atoms with Gasteiger partial charge in [0.15, 0.2) is 0 Å². The molecule has 25 nitrogen and oxygen atoms in total. The number of ether oxygens (including phenoxy) is 3. The first kappa shape index (κ1) is 86.5. The molecule has 6 aliphatic rings. The lowest BCUT2D eigenvalue weighted by Gasteiger charge is -2.30. The molecular formula is C72H93Br7N18O7. The van der Waals surface area contributed by atoms with Gasteiger partial charge in [0.05, 0.1) is 25.7 Å². The summed E-state index contributed by atoms with van der Waals surface area (Å²) in [6, 6.07) is 12.3. The van der Waals surface area contributed by atoms with Crippen LogP contribution in [0.5, 0.6) is 0 Å². The molecule has 0 radical (unpaired) electrons. The molecule has 0 aromatic carbocycles. The Balaban J connectivity index is 0.000000202. The van der Waals surface area contributed by atoms with E-state index in [1.807, 2.05) is 77.2 Å². The van der Waals surface area contributed by atoms with E-state index in [0.717, 1.165) is 110 Å². The number of amides is 3. The maximum absolute atomic E-state index is 12.6. The monoisotopic (exact) mass is 1870 g/mol. The summed E-state index contributed by atoms with van der Waals surface area (Å²) in [5, 5.41) is 26.4. The summed E-state index contributed by atoms with van der Waals surface area (Å²) < 4.78 is 21.1. The number of rotatable bonds is 10. The lowest BCUT2D eigenvalue weighted by molar-refractivity contribution is -0.145. The van der Waals surface area contributed by atoms with Crippen molar-refractivity contribution in [2.24, 2.45) is 5.92 Å². The number of pyridine rings is 6. The molecule has 3 amide bonds. The van der Waals surface area contributed by atoms with Crippen molar-refractivity contribution < 1.29 is 33.4 Å². The second kappa shape index (κ2) is 42.2. The van der Waals surface area contributed by atoms with Crippen molar-refractivity contribution in [2.75, 3.05) is 72.6 Å². The number of fused-ring (bicyclic) bond motifs is 5. The van der Waals surface area contributed by atoms with Crippen LogP contribution in [0.3, 0.4) is 0 Å². The van der Waals surface area contributed by atoms with E-state index in [1.54, 1.807) is 67.8 Å². The molecule has 0 saturated carbocycles. The van der Waals surface area contributed by atoms with Gasteiger partial charge in [-0.05, 0) is 209 Å². The summed E-state index contributed by atoms with van der Waals surface area (Å²) >= 11 is 20.1. The third-order valence-corrected chi connectivity index (χ3v) is 19.1. The van der Waals surface area contributed by atoms with Crippen LogP contribution in [-0.2, 0) is 66.6 Å². The summed E-state index contributed by atoms with van der Waals surface area (Å²) in [7, 11) is 1.80. The molecule has 12 rings (SSSR count). The molecule has 0 saturated heterocycles. The molecule has 0 bridgehead atoms. The lowest BCUT2D eigenvalue weighted by Crippen LogP contribution is -2.43. The molecular weight excluding hydrogens is 1790 g/mol. The number of nitrogen functional groups attached to an aromatic ring is 2. The predicted molar refractivity (Wildman–Crippen MR) is 439 cm³/mol. The second-order valence-electron chi connectivity index (χ2n) is 25.9. The maximum Gasteiger partial charge on any atom is 0.410 e. The summed E-state index contributed by atoms with van der Waals surface area (Å²) in [5.74, 6) is 5.22. The number of aromatic nitrogens is 6. The number of likely N-dealkylation sites (N-methyl/N-ethyl adjacent to an activating group) is 1. The van der Waals surface area contributed by atoms with E-state index in [4.69, 9.17) is 25.7 Å². The minimum Gasteiger partial charge on any atom is -0.488 e. The molecule has 7 atom stereocenters. The molecule has 1 aliphatic carbocycles. The van der Waals surface area contributed by atoms with Gasteiger partial charge in [0, 0.05) is 181 Å². The smallest absolute Gasteiger partial charge is 0.410 e. The molecule has 11 heterocycles. The van der Waals surface area contributed by atoms with Crippen LogP contribution in [0.25, 0.3) is 6.08 Å². The molecule has 562 valence electrons. The Morgan fingerprint density at radius 2 is 1.21 bits per heavy atom. The first-order chi connectivity index (χ1) is 49.0. The first-order valence-electron chi connectivity index (χ1n) is 33.5. The van der Waals surface area contributed by atoms with Crippen LogP contribution >= 0.6 is 113 Å². The molecule has 6 aromatic rings. The van der Waals surface area contributed by atoms with Gasteiger partial charge < -0.3 is 73.1 Å². The van der Waals surface area contributed by atoms with Crippen molar-refractivity contribution in [2.45, 2.75) is 149 Å². The van der Waals surface area contributed by atoms with Gasteiger partial charge in [-0.25, -0.2) is 34.7 Å². The molecule has 32 heteroatoms. The van der Waals surface area contributed by atoms with Crippen molar-refractivity contribution in [1.29, 1.82) is 0 Å². The second-order valence-corrected chi connectivity index (χ2v) is 31.1. The quantitative estimate of drug-likeness (QED) is 0.0346. The van der Waals surface area contributed by atoms with Crippen molar-refractivity contribution in [3.05, 3.63) is 177 Å². The summed E-state index contributed by atoms with van der Waals surface area (Å²) in [6.07, 6.45) is 21.8. The van der Waals surface area contributed by atoms with E-state index in [2.05, 4.69) is 219 Å². The van der Waals surface area contributed by atoms with Crippen molar-refractivity contribution in [3.8, 4) is 0 Å². The lowest BCUT2D eigenvalue weighted by atomic mass is 9.92. The number of nitrogens with two attached hydrogens (primary N) is 2. The number of alkyl halides is 1. The minimum atomic E-state index is -0.491. The zero-order valence-corrected chi connectivity index (χ0v) is 71.2. The zero-order valence-electron chi connectivity index (χ0n) is 60.0. The van der Waals surface area contributed by atoms with Crippen LogP contribution in [0.15, 0.2) is 138 Å². The SMILES string of the molecule is Br.CC1=C(CN(C)C(=O)/C=C/c2cnc3c(c2)CN[C@H](C)CN3)OC2C=CC=CC12.CCOC(=O)[C@@H](C)NCc1cc(Br)cnc1N.C[C@@H]1CNc2ncc(Br)cc2CN1.C[C@@H]1CNc2ncc(Br)cc2CN1C(=O)OC(C)(C)C.C[C@H]1NCc2cc(Br)cnc2NC1=O.Nc1ncc(Br)cc1CBr. The highest BCUT2D eigenvalue weighted by Gasteiger charge is 2.33. The van der Waals surface area contributed by atoms with E-state index < -0.39 is 5.60 Å². The highest BCUT2D eigenvalue weighted by molar-refractivity contribution is 9.11. The van der Waals surface area contributed by atoms with Crippen LogP contribution in [0.2, 0.25) is 0 Å². The molecule has 12 N–H and O–H groups in total. The van der Waals surface area contributed by atoms with E-state index in [1.165, 1.54) is 11.1 Å². The standard InChI is InChI=1S/C23H28N4O2.C14H20BrN3O2.C11H16BrN3O2.C9H10BrN3O.C9H12BrN3.C6H6Br2N2.BrH/c1-15-11-25-23-18(13-24-15)10-17(12-26-23)8-9-22(28)27(3)14-21-16(2)19-6-4-5-7-20(19)29-21;1-9-6-16-12-10(5-11(15)7-17-12)8-18(9)13(19)20-14(2,3)4;1-3-17-11(16)7(2)14-5-8-4-9(12)6-15-10(8)13;1-5-9(14)13-8-6(3-11-5)2-7(10)4-12-8;1-6-3-12-9-7(4-11-6)2-8(10)5-13-9;7-2-4-1-5(8)3-10-6(4)9;/h4-10,12,15,19-20,24H,11,13-14H2,1-3H3,(H,25,26);5,7,9H,6,8H2,1-4H3,(H,16,17);4,6-7,14H,3,5H2,1-2H3,(H2,13,15);2,4-5,11H,3H2,1H3,(H,12,13,14);2,5-6,11H,3-4H2,1H3,(H,12,13);1,3H,2H2,(H2,9,10);1H/b9-8+;;;;;;/t15-,19?,20?;9-;7-;5-;6-;;/m11111../s1. The van der Waals surface area contributed by atoms with E-state index in [9.17, 15) is 19.2 Å². The Labute approximate surface area is 670 Å². The largest absolute Gasteiger partial charge is 0.488 e. The van der Waals surface area contributed by atoms with Crippen LogP contribution in [-0.4, -0.2) is 145 Å². The number of nitrogens with zero attached hydrogens (tertiary/aromatic N) is 8. The number of esters is 1. The third-order valence-electron chi connectivity index (χ3n) is 16.3. The predicted octanol–water partition coefficient (Wildman–Crippen LogP) is 13.7. The zero-order chi connectivity index (χ0) is 75.1. The third kappa shape index (κ3) is 27.4. The van der Waals surface area contributed by atoms with Gasteiger partial charge in [-0.15, -0.1) is 17.0 Å². The number of allylic oxidation sites excluding steroid dienone is 2. The molecule has 6 aromatic heterocycles. The Kier molecular flexibility index (Phi) is 35.1. The maximum atomic E-state index is 12.6. The van der Waals surface area contributed by atoms with E-state index >= 15 is 0 Å². The Morgan fingerprint density at radius 1 is 0.712 bits per heavy atom. The fourth-order valence-electron chi connectivity index (χ4n) is 10.4. The Morgan fingerprint density at radius 3 is 1.79 bits per heavy atom. The molecule has 2 unspecified atom stereocenters. The number of carbonyl (C=O) groups is 4. The molecule has 5 aliphatic heterocycles. The molecule has 104 heavy (non-hydrogen) atoms. The number of carbonyl (C=O) groups excluding carboxylic acids is 4. The number of anilines is 6. The van der Waals surface area contributed by atoms with E-state index in [0.29, 0.717) is 68.9 Å². The van der Waals surface area contributed by atoms with Gasteiger partial charge in [-0.2, -0.15) is 0 Å². The molecule has 0 spiro atoms. The topological polar surface area (TPSA) is 328 Å². The van der Waals surface area contributed by atoms with Crippen LogP contribution in [0.1, 0.15) is 108 Å².